The summed E-state index contributed by atoms with van der Waals surface area (Å²) in [5.41, 5.74) is 2.23. The van der Waals surface area contributed by atoms with E-state index in [0.717, 1.165) is 5.56 Å². The highest BCUT2D eigenvalue weighted by Gasteiger charge is 2.12. The lowest BCUT2D eigenvalue weighted by Gasteiger charge is -2.20. The van der Waals surface area contributed by atoms with E-state index in [1.807, 2.05) is 24.3 Å². The zero-order chi connectivity index (χ0) is 15.5. The molecule has 2 aromatic rings. The van der Waals surface area contributed by atoms with Gasteiger partial charge in [-0.1, -0.05) is 12.1 Å². The van der Waals surface area contributed by atoms with Crippen molar-refractivity contribution >= 4 is 9.84 Å². The fourth-order valence-corrected chi connectivity index (χ4v) is 2.85. The first-order valence-corrected chi connectivity index (χ1v) is 8.73. The third-order valence-corrected chi connectivity index (χ3v) is 4.64. The molecule has 1 heterocycles. The van der Waals surface area contributed by atoms with E-state index in [9.17, 15) is 8.42 Å². The predicted octanol–water partition coefficient (Wildman–Crippen LogP) is 2.90. The van der Waals surface area contributed by atoms with Gasteiger partial charge in [0.1, 0.15) is 0 Å². The second kappa shape index (κ2) is 6.37. The van der Waals surface area contributed by atoms with E-state index in [-0.39, 0.29) is 12.1 Å². The van der Waals surface area contributed by atoms with Crippen LogP contribution in [-0.2, 0) is 9.84 Å². The van der Waals surface area contributed by atoms with Crippen LogP contribution < -0.4 is 5.32 Å². The lowest BCUT2D eigenvalue weighted by atomic mass is 10.1. The molecule has 21 heavy (non-hydrogen) atoms. The van der Waals surface area contributed by atoms with E-state index >= 15 is 0 Å². The average Bonchev–Trinajstić information content (AvgIpc) is 2.47. The number of nitrogens with zero attached hydrogens (tertiary/aromatic N) is 1. The number of pyridine rings is 1. The predicted molar refractivity (Wildman–Crippen MR) is 83.8 cm³/mol. The summed E-state index contributed by atoms with van der Waals surface area (Å²) >= 11 is 0. The van der Waals surface area contributed by atoms with Gasteiger partial charge in [-0.2, -0.15) is 0 Å². The van der Waals surface area contributed by atoms with Gasteiger partial charge < -0.3 is 5.32 Å². The molecule has 112 valence electrons. The summed E-state index contributed by atoms with van der Waals surface area (Å²) in [5, 5.41) is 3.49. The summed E-state index contributed by atoms with van der Waals surface area (Å²) in [6.07, 6.45) is 4.77. The lowest BCUT2D eigenvalue weighted by molar-refractivity contribution is 0.494. The van der Waals surface area contributed by atoms with E-state index in [1.54, 1.807) is 24.5 Å². The molecule has 0 saturated heterocycles. The Morgan fingerprint density at radius 1 is 0.905 bits per heavy atom. The SMILES string of the molecule is CC(NC(C)c1ccc(S(C)(=O)=O)cc1)c1ccncc1. The van der Waals surface area contributed by atoms with Crippen LogP contribution >= 0.6 is 0 Å². The van der Waals surface area contributed by atoms with Gasteiger partial charge in [0.15, 0.2) is 9.84 Å². The Morgan fingerprint density at radius 2 is 1.38 bits per heavy atom. The molecule has 0 radical (unpaired) electrons. The first kappa shape index (κ1) is 15.7. The van der Waals surface area contributed by atoms with Crippen molar-refractivity contribution < 1.29 is 8.42 Å². The first-order chi connectivity index (χ1) is 9.88. The van der Waals surface area contributed by atoms with E-state index < -0.39 is 9.84 Å². The van der Waals surface area contributed by atoms with Crippen molar-refractivity contribution in [3.05, 3.63) is 59.9 Å². The smallest absolute Gasteiger partial charge is 0.175 e. The molecule has 0 fully saturated rings. The Hall–Kier alpha value is -1.72. The molecule has 2 unspecified atom stereocenters. The van der Waals surface area contributed by atoms with E-state index in [4.69, 9.17) is 0 Å². The van der Waals surface area contributed by atoms with Crippen molar-refractivity contribution in [1.82, 2.24) is 10.3 Å². The molecule has 0 aliphatic heterocycles. The second-order valence-corrected chi connectivity index (χ2v) is 7.25. The minimum atomic E-state index is -3.14. The molecule has 1 aromatic carbocycles. The molecule has 1 aromatic heterocycles. The van der Waals surface area contributed by atoms with Crippen molar-refractivity contribution in [3.63, 3.8) is 0 Å². The quantitative estimate of drug-likeness (QED) is 0.922. The highest BCUT2D eigenvalue weighted by molar-refractivity contribution is 7.90. The standard InChI is InChI=1S/C16H20N2O2S/c1-12(18-13(2)15-8-10-17-11-9-15)14-4-6-16(7-5-14)21(3,19)20/h4-13,18H,1-3H3. The van der Waals surface area contributed by atoms with Crippen LogP contribution in [0.15, 0.2) is 53.7 Å². The molecule has 4 nitrogen and oxygen atoms in total. The molecule has 0 amide bonds. The van der Waals surface area contributed by atoms with E-state index in [1.165, 1.54) is 11.8 Å². The van der Waals surface area contributed by atoms with Crippen molar-refractivity contribution in [1.29, 1.82) is 0 Å². The molecule has 1 N–H and O–H groups in total. The van der Waals surface area contributed by atoms with Gasteiger partial charge in [0.05, 0.1) is 4.90 Å². The Labute approximate surface area is 126 Å². The Kier molecular flexibility index (Phi) is 4.75. The van der Waals surface area contributed by atoms with Gasteiger partial charge in [0.25, 0.3) is 0 Å². The third-order valence-electron chi connectivity index (χ3n) is 3.51. The summed E-state index contributed by atoms with van der Waals surface area (Å²) < 4.78 is 22.9. The molecular formula is C16H20N2O2S. The van der Waals surface area contributed by atoms with Crippen LogP contribution in [0.5, 0.6) is 0 Å². The summed E-state index contributed by atoms with van der Waals surface area (Å²) in [5.74, 6) is 0. The molecule has 0 spiro atoms. The van der Waals surface area contributed by atoms with Crippen LogP contribution in [0.25, 0.3) is 0 Å². The average molecular weight is 304 g/mol. The number of hydrogen-bond donors (Lipinski definition) is 1. The van der Waals surface area contributed by atoms with Gasteiger partial charge in [-0.25, -0.2) is 8.42 Å². The van der Waals surface area contributed by atoms with Crippen molar-refractivity contribution in [2.75, 3.05) is 6.26 Å². The summed E-state index contributed by atoms with van der Waals surface area (Å²) in [7, 11) is -3.14. The Morgan fingerprint density at radius 3 is 1.86 bits per heavy atom. The molecule has 2 atom stereocenters. The maximum absolute atomic E-state index is 11.5. The number of benzene rings is 1. The minimum absolute atomic E-state index is 0.127. The second-order valence-electron chi connectivity index (χ2n) is 5.23. The minimum Gasteiger partial charge on any atom is -0.304 e. The Bertz CT molecular complexity index is 682. The van der Waals surface area contributed by atoms with Gasteiger partial charge in [-0.05, 0) is 49.2 Å². The number of nitrogens with one attached hydrogen (secondary N) is 1. The number of sulfone groups is 1. The van der Waals surface area contributed by atoms with Gasteiger partial charge >= 0.3 is 0 Å². The molecule has 2 rings (SSSR count). The van der Waals surface area contributed by atoms with Crippen LogP contribution in [0.1, 0.15) is 37.1 Å². The lowest BCUT2D eigenvalue weighted by Crippen LogP contribution is -2.22. The third kappa shape index (κ3) is 4.12. The van der Waals surface area contributed by atoms with Crippen LogP contribution in [0.2, 0.25) is 0 Å². The van der Waals surface area contributed by atoms with Gasteiger partial charge in [0, 0.05) is 30.7 Å². The number of rotatable bonds is 5. The highest BCUT2D eigenvalue weighted by Crippen LogP contribution is 2.20. The molecule has 0 bridgehead atoms. The fourth-order valence-electron chi connectivity index (χ4n) is 2.22. The Balaban J connectivity index is 2.08. The van der Waals surface area contributed by atoms with Crippen LogP contribution in [-0.4, -0.2) is 19.7 Å². The number of aromatic nitrogens is 1. The molecule has 0 aliphatic carbocycles. The highest BCUT2D eigenvalue weighted by atomic mass is 32.2. The molecular weight excluding hydrogens is 284 g/mol. The van der Waals surface area contributed by atoms with E-state index in [0.29, 0.717) is 4.90 Å². The molecule has 5 heteroatoms. The monoisotopic (exact) mass is 304 g/mol. The maximum atomic E-state index is 11.5. The normalized spacial score (nSPS) is 14.6. The molecule has 0 saturated carbocycles. The summed E-state index contributed by atoms with van der Waals surface area (Å²) in [6, 6.07) is 11.3. The van der Waals surface area contributed by atoms with Crippen LogP contribution in [0, 0.1) is 0 Å². The zero-order valence-electron chi connectivity index (χ0n) is 12.4. The van der Waals surface area contributed by atoms with Gasteiger partial charge in [0.2, 0.25) is 0 Å². The van der Waals surface area contributed by atoms with Gasteiger partial charge in [-0.15, -0.1) is 0 Å². The maximum Gasteiger partial charge on any atom is 0.175 e. The van der Waals surface area contributed by atoms with Gasteiger partial charge in [-0.3, -0.25) is 4.98 Å². The van der Waals surface area contributed by atoms with Crippen molar-refractivity contribution in [2.45, 2.75) is 30.8 Å². The zero-order valence-corrected chi connectivity index (χ0v) is 13.3. The number of hydrogen-bond acceptors (Lipinski definition) is 4. The van der Waals surface area contributed by atoms with E-state index in [2.05, 4.69) is 24.1 Å². The van der Waals surface area contributed by atoms with Crippen molar-refractivity contribution in [3.8, 4) is 0 Å². The topological polar surface area (TPSA) is 59.1 Å². The largest absolute Gasteiger partial charge is 0.304 e. The summed E-state index contributed by atoms with van der Waals surface area (Å²) in [6.45, 7) is 4.16. The molecule has 0 aliphatic rings. The van der Waals surface area contributed by atoms with Crippen molar-refractivity contribution in [2.24, 2.45) is 0 Å². The first-order valence-electron chi connectivity index (χ1n) is 6.84. The fraction of sp³-hybridized carbons (Fsp3) is 0.312. The van der Waals surface area contributed by atoms with Crippen LogP contribution in [0.3, 0.4) is 0 Å². The van der Waals surface area contributed by atoms with Crippen LogP contribution in [0.4, 0.5) is 0 Å². The summed E-state index contributed by atoms with van der Waals surface area (Å²) in [4.78, 5) is 4.36.